The summed E-state index contributed by atoms with van der Waals surface area (Å²) in [4.78, 5) is 18.0. The van der Waals surface area contributed by atoms with Gasteiger partial charge < -0.3 is 8.94 Å². The highest BCUT2D eigenvalue weighted by atomic mass is 79.9. The monoisotopic (exact) mass is 389 g/mol. The minimum Gasteiger partial charge on any atom is -0.408 e. The predicted octanol–water partition coefficient (Wildman–Crippen LogP) is 3.66. The van der Waals surface area contributed by atoms with E-state index in [-0.39, 0.29) is 11.4 Å². The summed E-state index contributed by atoms with van der Waals surface area (Å²) in [5.41, 5.74) is 2.18. The van der Waals surface area contributed by atoms with Crippen molar-refractivity contribution in [2.75, 3.05) is 0 Å². The largest absolute Gasteiger partial charge is 0.417 e. The predicted molar refractivity (Wildman–Crippen MR) is 87.0 cm³/mol. The van der Waals surface area contributed by atoms with Crippen LogP contribution in [0.15, 0.2) is 54.6 Å². The number of fused-ring (bicyclic) bond motifs is 1. The molecule has 4 aromatic rings. The summed E-state index contributed by atoms with van der Waals surface area (Å²) in [5.74, 6) is -0.425. The summed E-state index contributed by atoms with van der Waals surface area (Å²) in [5, 5.41) is 3.83. The van der Waals surface area contributed by atoms with Gasteiger partial charge in [-0.2, -0.15) is 4.98 Å². The van der Waals surface area contributed by atoms with Crippen molar-refractivity contribution in [3.8, 4) is 11.4 Å². The molecule has 0 saturated heterocycles. The van der Waals surface area contributed by atoms with E-state index in [1.807, 2.05) is 0 Å². The molecule has 6 nitrogen and oxygen atoms in total. The Morgan fingerprint density at radius 1 is 1.25 bits per heavy atom. The van der Waals surface area contributed by atoms with Crippen LogP contribution in [-0.4, -0.2) is 15.1 Å². The number of nitrogens with one attached hydrogen (secondary N) is 1. The first-order valence-electron chi connectivity index (χ1n) is 6.99. The second kappa shape index (κ2) is 5.72. The van der Waals surface area contributed by atoms with Crippen LogP contribution < -0.4 is 5.76 Å². The van der Waals surface area contributed by atoms with Crippen molar-refractivity contribution in [3.05, 3.63) is 68.7 Å². The summed E-state index contributed by atoms with van der Waals surface area (Å²) in [6.07, 6.45) is 0.353. The molecule has 0 radical (unpaired) electrons. The third-order valence-electron chi connectivity index (χ3n) is 3.50. The zero-order valence-electron chi connectivity index (χ0n) is 12.0. The highest BCUT2D eigenvalue weighted by molar-refractivity contribution is 9.10. The molecule has 0 spiro atoms. The molecule has 0 saturated carbocycles. The minimum atomic E-state index is -0.507. The van der Waals surface area contributed by atoms with E-state index in [9.17, 15) is 9.18 Å². The summed E-state index contributed by atoms with van der Waals surface area (Å²) in [6.45, 7) is 0. The SMILES string of the molecule is O=c1[nH]c2cc(Cc3nc(-c4cccc(Br)c4F)no3)ccc2o1. The zero-order chi connectivity index (χ0) is 16.7. The minimum absolute atomic E-state index is 0.182. The Morgan fingerprint density at radius 2 is 2.12 bits per heavy atom. The number of rotatable bonds is 3. The molecule has 24 heavy (non-hydrogen) atoms. The van der Waals surface area contributed by atoms with Crippen molar-refractivity contribution in [3.63, 3.8) is 0 Å². The Kier molecular flexibility index (Phi) is 3.53. The van der Waals surface area contributed by atoms with E-state index in [2.05, 4.69) is 31.1 Å². The average molecular weight is 390 g/mol. The van der Waals surface area contributed by atoms with E-state index in [1.165, 1.54) is 0 Å². The number of H-pyrrole nitrogens is 1. The lowest BCUT2D eigenvalue weighted by molar-refractivity contribution is 0.385. The van der Waals surface area contributed by atoms with Crippen molar-refractivity contribution in [1.29, 1.82) is 0 Å². The van der Waals surface area contributed by atoms with Gasteiger partial charge in [0.1, 0.15) is 5.82 Å². The molecule has 1 N–H and O–H groups in total. The number of benzene rings is 2. The van der Waals surface area contributed by atoms with Crippen LogP contribution in [0.2, 0.25) is 0 Å². The quantitative estimate of drug-likeness (QED) is 0.577. The fourth-order valence-electron chi connectivity index (χ4n) is 2.40. The van der Waals surface area contributed by atoms with Crippen LogP contribution in [-0.2, 0) is 6.42 Å². The molecule has 0 fully saturated rings. The van der Waals surface area contributed by atoms with Gasteiger partial charge in [-0.3, -0.25) is 4.98 Å². The smallest absolute Gasteiger partial charge is 0.408 e. The molecule has 4 rings (SSSR count). The third kappa shape index (κ3) is 2.65. The molecule has 0 atom stereocenters. The highest BCUT2D eigenvalue weighted by Crippen LogP contribution is 2.26. The second-order valence-corrected chi connectivity index (χ2v) is 5.99. The molecule has 2 aromatic heterocycles. The van der Waals surface area contributed by atoms with Crippen molar-refractivity contribution in [2.24, 2.45) is 0 Å². The molecule has 0 amide bonds. The van der Waals surface area contributed by atoms with E-state index in [1.54, 1.807) is 36.4 Å². The van der Waals surface area contributed by atoms with Crippen molar-refractivity contribution >= 4 is 27.0 Å². The number of hydrogen-bond acceptors (Lipinski definition) is 5. The van der Waals surface area contributed by atoms with Gasteiger partial charge >= 0.3 is 5.76 Å². The molecule has 0 aliphatic rings. The van der Waals surface area contributed by atoms with E-state index < -0.39 is 11.6 Å². The molecule has 0 aliphatic heterocycles. The maximum absolute atomic E-state index is 14.1. The summed E-state index contributed by atoms with van der Waals surface area (Å²) in [7, 11) is 0. The summed E-state index contributed by atoms with van der Waals surface area (Å²) >= 11 is 3.13. The van der Waals surface area contributed by atoms with Gasteiger partial charge in [0.25, 0.3) is 0 Å². The Hall–Kier alpha value is -2.74. The molecule has 2 heterocycles. The number of halogens is 2. The van der Waals surface area contributed by atoms with E-state index in [0.717, 1.165) is 5.56 Å². The molecule has 8 heteroatoms. The fraction of sp³-hybridized carbons (Fsp3) is 0.0625. The Labute approximate surface area is 142 Å². The standard InChI is InChI=1S/C16H9BrFN3O3/c17-10-3-1-2-9(14(10)18)15-20-13(24-21-15)7-8-4-5-12-11(6-8)19-16(22)23-12/h1-6H,7H2,(H,19,22). The second-order valence-electron chi connectivity index (χ2n) is 5.13. The molecule has 0 unspecified atom stereocenters. The van der Waals surface area contributed by atoms with Crippen LogP contribution >= 0.6 is 15.9 Å². The van der Waals surface area contributed by atoms with Crippen LogP contribution in [0.3, 0.4) is 0 Å². The van der Waals surface area contributed by atoms with Gasteiger partial charge in [0.05, 0.1) is 22.0 Å². The Morgan fingerprint density at radius 3 is 3.00 bits per heavy atom. The maximum Gasteiger partial charge on any atom is 0.417 e. The molecule has 2 aromatic carbocycles. The van der Waals surface area contributed by atoms with E-state index in [4.69, 9.17) is 8.94 Å². The Balaban J connectivity index is 1.64. The van der Waals surface area contributed by atoms with Crippen molar-refractivity contribution in [2.45, 2.75) is 6.42 Å². The molecular formula is C16H9BrFN3O3. The number of aromatic nitrogens is 3. The van der Waals surface area contributed by atoms with E-state index >= 15 is 0 Å². The molecule has 0 aliphatic carbocycles. The van der Waals surface area contributed by atoms with Crippen LogP contribution in [0.5, 0.6) is 0 Å². The fourth-order valence-corrected chi connectivity index (χ4v) is 2.76. The van der Waals surface area contributed by atoms with Crippen LogP contribution in [0.1, 0.15) is 11.5 Å². The summed E-state index contributed by atoms with van der Waals surface area (Å²) in [6, 6.07) is 10.1. The van der Waals surface area contributed by atoms with Crippen molar-refractivity contribution in [1.82, 2.24) is 15.1 Å². The lowest BCUT2D eigenvalue weighted by Gasteiger charge is -1.98. The number of aromatic amines is 1. The normalized spacial score (nSPS) is 11.2. The topological polar surface area (TPSA) is 84.9 Å². The highest BCUT2D eigenvalue weighted by Gasteiger charge is 2.15. The molecule has 120 valence electrons. The lowest BCUT2D eigenvalue weighted by Crippen LogP contribution is -1.93. The van der Waals surface area contributed by atoms with Gasteiger partial charge in [0.15, 0.2) is 5.58 Å². The lowest BCUT2D eigenvalue weighted by atomic mass is 10.1. The van der Waals surface area contributed by atoms with Crippen LogP contribution in [0, 0.1) is 5.82 Å². The first kappa shape index (κ1) is 14.8. The summed E-state index contributed by atoms with van der Waals surface area (Å²) < 4.78 is 24.6. The molecular weight excluding hydrogens is 381 g/mol. The first-order valence-corrected chi connectivity index (χ1v) is 7.78. The number of nitrogens with zero attached hydrogens (tertiary/aromatic N) is 2. The van der Waals surface area contributed by atoms with Crippen molar-refractivity contribution < 1.29 is 13.3 Å². The van der Waals surface area contributed by atoms with Gasteiger partial charge in [-0.05, 0) is 45.8 Å². The average Bonchev–Trinajstić information content (AvgIpc) is 3.15. The van der Waals surface area contributed by atoms with Gasteiger partial charge in [0.2, 0.25) is 11.7 Å². The third-order valence-corrected chi connectivity index (χ3v) is 4.11. The van der Waals surface area contributed by atoms with Gasteiger partial charge in [-0.25, -0.2) is 9.18 Å². The van der Waals surface area contributed by atoms with Gasteiger partial charge in [-0.15, -0.1) is 0 Å². The number of hydrogen-bond donors (Lipinski definition) is 1. The van der Waals surface area contributed by atoms with E-state index in [0.29, 0.717) is 27.9 Å². The first-order chi connectivity index (χ1) is 11.6. The zero-order valence-corrected chi connectivity index (χ0v) is 13.6. The van der Waals surface area contributed by atoms with Crippen LogP contribution in [0.25, 0.3) is 22.5 Å². The van der Waals surface area contributed by atoms with Gasteiger partial charge in [-0.1, -0.05) is 17.3 Å². The Bertz CT molecular complexity index is 1100. The number of oxazole rings is 1. The van der Waals surface area contributed by atoms with Crippen LogP contribution in [0.4, 0.5) is 4.39 Å². The molecule has 0 bridgehead atoms. The maximum atomic E-state index is 14.1. The van der Waals surface area contributed by atoms with Gasteiger partial charge in [0, 0.05) is 0 Å².